The van der Waals surface area contributed by atoms with E-state index in [4.69, 9.17) is 5.73 Å². The molecule has 1 aromatic heterocycles. The van der Waals surface area contributed by atoms with E-state index in [1.807, 2.05) is 24.4 Å². The molecular formula is C15H18N2S. The van der Waals surface area contributed by atoms with Crippen molar-refractivity contribution in [2.45, 2.75) is 35.7 Å². The van der Waals surface area contributed by atoms with Crippen LogP contribution in [0.5, 0.6) is 0 Å². The van der Waals surface area contributed by atoms with Crippen molar-refractivity contribution in [1.82, 2.24) is 4.98 Å². The topological polar surface area (TPSA) is 38.9 Å². The highest BCUT2D eigenvalue weighted by molar-refractivity contribution is 7.99. The minimum Gasteiger partial charge on any atom is -0.327 e. The Kier molecular flexibility index (Phi) is 4.79. The molecular weight excluding hydrogens is 240 g/mol. The van der Waals surface area contributed by atoms with Crippen molar-refractivity contribution >= 4 is 11.8 Å². The van der Waals surface area contributed by atoms with E-state index in [1.54, 1.807) is 11.8 Å². The van der Waals surface area contributed by atoms with Crippen LogP contribution in [0, 0.1) is 0 Å². The molecule has 2 rings (SSSR count). The molecule has 0 aliphatic carbocycles. The van der Waals surface area contributed by atoms with Crippen molar-refractivity contribution in [1.29, 1.82) is 0 Å². The lowest BCUT2D eigenvalue weighted by Gasteiger charge is -2.12. The first-order valence-electron chi connectivity index (χ1n) is 6.22. The Balaban J connectivity index is 2.17. The maximum Gasteiger partial charge on any atom is 0.101 e. The van der Waals surface area contributed by atoms with Gasteiger partial charge in [-0.1, -0.05) is 43.0 Å². The second kappa shape index (κ2) is 6.57. The average Bonchev–Trinajstić information content (AvgIpc) is 2.42. The third kappa shape index (κ3) is 3.59. The number of nitrogens with two attached hydrogens (primary N) is 1. The van der Waals surface area contributed by atoms with E-state index in [2.05, 4.69) is 36.2 Å². The predicted octanol–water partition coefficient (Wildman–Crippen LogP) is 3.51. The maximum absolute atomic E-state index is 6.04. The summed E-state index contributed by atoms with van der Waals surface area (Å²) in [6, 6.07) is 14.6. The second-order valence-corrected chi connectivity index (χ2v) is 5.31. The summed E-state index contributed by atoms with van der Waals surface area (Å²) in [7, 11) is 0. The Hall–Kier alpha value is -1.32. The lowest BCUT2D eigenvalue weighted by molar-refractivity contribution is 0.641. The van der Waals surface area contributed by atoms with Crippen LogP contribution in [-0.4, -0.2) is 11.0 Å². The largest absolute Gasteiger partial charge is 0.327 e. The lowest BCUT2D eigenvalue weighted by Crippen LogP contribution is -2.21. The molecule has 0 spiro atoms. The van der Waals surface area contributed by atoms with E-state index < -0.39 is 0 Å². The molecule has 0 saturated heterocycles. The third-order valence-corrected chi connectivity index (χ3v) is 3.90. The summed E-state index contributed by atoms with van der Waals surface area (Å²) in [5.74, 6) is 0. The second-order valence-electron chi connectivity index (χ2n) is 4.25. The van der Waals surface area contributed by atoms with E-state index in [-0.39, 0.29) is 6.04 Å². The van der Waals surface area contributed by atoms with E-state index in [0.29, 0.717) is 0 Å². The van der Waals surface area contributed by atoms with Gasteiger partial charge < -0.3 is 5.73 Å². The molecule has 0 saturated carbocycles. The van der Waals surface area contributed by atoms with E-state index >= 15 is 0 Å². The van der Waals surface area contributed by atoms with Crippen LogP contribution >= 0.6 is 11.8 Å². The molecule has 0 aliphatic heterocycles. The van der Waals surface area contributed by atoms with Gasteiger partial charge in [-0.3, -0.25) is 0 Å². The number of pyridine rings is 1. The summed E-state index contributed by atoms with van der Waals surface area (Å²) in [4.78, 5) is 5.60. The van der Waals surface area contributed by atoms with Gasteiger partial charge in [0.05, 0.1) is 0 Å². The van der Waals surface area contributed by atoms with Crippen molar-refractivity contribution in [3.05, 3.63) is 54.2 Å². The zero-order chi connectivity index (χ0) is 12.8. The molecule has 2 nitrogen and oxygen atoms in total. The van der Waals surface area contributed by atoms with E-state index in [9.17, 15) is 0 Å². The van der Waals surface area contributed by atoms with Crippen LogP contribution < -0.4 is 5.73 Å². The zero-order valence-electron chi connectivity index (χ0n) is 10.5. The summed E-state index contributed by atoms with van der Waals surface area (Å²) < 4.78 is 0. The molecule has 0 fully saturated rings. The van der Waals surface area contributed by atoms with Crippen molar-refractivity contribution in [2.75, 3.05) is 0 Å². The van der Waals surface area contributed by atoms with E-state index in [0.717, 1.165) is 17.9 Å². The first kappa shape index (κ1) is 13.1. The molecule has 94 valence electrons. The van der Waals surface area contributed by atoms with Crippen LogP contribution in [0.25, 0.3) is 0 Å². The average molecular weight is 258 g/mol. The van der Waals surface area contributed by atoms with Crippen LogP contribution in [0.15, 0.2) is 58.6 Å². The normalized spacial score (nSPS) is 12.3. The van der Waals surface area contributed by atoms with Crippen molar-refractivity contribution in [2.24, 2.45) is 5.73 Å². The molecule has 2 aromatic rings. The molecule has 0 amide bonds. The quantitative estimate of drug-likeness (QED) is 0.892. The SMILES string of the molecule is CCC(N)Cc1ccccc1Sc1ccccn1. The van der Waals surface area contributed by atoms with Gasteiger partial charge in [-0.05, 0) is 36.6 Å². The molecule has 1 aromatic carbocycles. The Morgan fingerprint density at radius 3 is 2.67 bits per heavy atom. The molecule has 2 N–H and O–H groups in total. The number of hydrogen-bond acceptors (Lipinski definition) is 3. The molecule has 3 heteroatoms. The van der Waals surface area contributed by atoms with Crippen LogP contribution in [0.4, 0.5) is 0 Å². The van der Waals surface area contributed by atoms with Gasteiger partial charge in [-0.25, -0.2) is 4.98 Å². The Morgan fingerprint density at radius 1 is 1.17 bits per heavy atom. The Morgan fingerprint density at radius 2 is 1.94 bits per heavy atom. The first-order valence-corrected chi connectivity index (χ1v) is 7.03. The van der Waals surface area contributed by atoms with Gasteiger partial charge >= 0.3 is 0 Å². The van der Waals surface area contributed by atoms with Crippen LogP contribution in [0.1, 0.15) is 18.9 Å². The minimum absolute atomic E-state index is 0.232. The van der Waals surface area contributed by atoms with Crippen LogP contribution in [-0.2, 0) is 6.42 Å². The Bertz CT molecular complexity index is 485. The first-order chi connectivity index (χ1) is 8.79. The standard InChI is InChI=1S/C15H18N2S/c1-2-13(16)11-12-7-3-4-8-14(12)18-15-9-5-6-10-17-15/h3-10,13H,2,11,16H2,1H3. The zero-order valence-corrected chi connectivity index (χ0v) is 11.4. The van der Waals surface area contributed by atoms with Gasteiger partial charge in [0.15, 0.2) is 0 Å². The molecule has 0 radical (unpaired) electrons. The van der Waals surface area contributed by atoms with Crippen LogP contribution in [0.3, 0.4) is 0 Å². The predicted molar refractivity (Wildman–Crippen MR) is 76.8 cm³/mol. The van der Waals surface area contributed by atoms with Gasteiger partial charge in [-0.2, -0.15) is 0 Å². The van der Waals surface area contributed by atoms with Gasteiger partial charge in [-0.15, -0.1) is 0 Å². The highest BCUT2D eigenvalue weighted by Gasteiger charge is 2.07. The number of aromatic nitrogens is 1. The molecule has 1 heterocycles. The molecule has 0 aliphatic rings. The molecule has 0 bridgehead atoms. The van der Waals surface area contributed by atoms with E-state index in [1.165, 1.54) is 10.5 Å². The number of hydrogen-bond donors (Lipinski definition) is 1. The van der Waals surface area contributed by atoms with Crippen molar-refractivity contribution < 1.29 is 0 Å². The van der Waals surface area contributed by atoms with Crippen molar-refractivity contribution in [3.63, 3.8) is 0 Å². The van der Waals surface area contributed by atoms with Gasteiger partial charge in [0.25, 0.3) is 0 Å². The molecule has 1 atom stereocenters. The fourth-order valence-corrected chi connectivity index (χ4v) is 2.63. The third-order valence-electron chi connectivity index (χ3n) is 2.83. The lowest BCUT2D eigenvalue weighted by atomic mass is 10.1. The minimum atomic E-state index is 0.232. The Labute approximate surface area is 113 Å². The fraction of sp³-hybridized carbons (Fsp3) is 0.267. The van der Waals surface area contributed by atoms with Gasteiger partial charge in [0, 0.05) is 17.1 Å². The summed E-state index contributed by atoms with van der Waals surface area (Å²) in [6.45, 7) is 2.12. The van der Waals surface area contributed by atoms with Gasteiger partial charge in [0.2, 0.25) is 0 Å². The fourth-order valence-electron chi connectivity index (χ4n) is 1.72. The monoisotopic (exact) mass is 258 g/mol. The maximum atomic E-state index is 6.04. The molecule has 1 unspecified atom stereocenters. The smallest absolute Gasteiger partial charge is 0.101 e. The van der Waals surface area contributed by atoms with Crippen LogP contribution in [0.2, 0.25) is 0 Å². The highest BCUT2D eigenvalue weighted by Crippen LogP contribution is 2.29. The highest BCUT2D eigenvalue weighted by atomic mass is 32.2. The molecule has 18 heavy (non-hydrogen) atoms. The number of benzene rings is 1. The summed E-state index contributed by atoms with van der Waals surface area (Å²) >= 11 is 1.70. The van der Waals surface area contributed by atoms with Crippen molar-refractivity contribution in [3.8, 4) is 0 Å². The summed E-state index contributed by atoms with van der Waals surface area (Å²) in [5, 5.41) is 1.02. The van der Waals surface area contributed by atoms with Gasteiger partial charge in [0.1, 0.15) is 5.03 Å². The number of nitrogens with zero attached hydrogens (tertiary/aromatic N) is 1. The summed E-state index contributed by atoms with van der Waals surface area (Å²) in [5.41, 5.74) is 7.35. The number of rotatable bonds is 5. The summed E-state index contributed by atoms with van der Waals surface area (Å²) in [6.07, 6.45) is 3.75.